The molecule has 6 nitrogen and oxygen atoms in total. The lowest BCUT2D eigenvalue weighted by Gasteiger charge is -2.17. The number of carboxylic acids is 1. The maximum atomic E-state index is 11.2. The molecule has 0 saturated heterocycles. The molecule has 172 valence electrons. The van der Waals surface area contributed by atoms with E-state index in [2.05, 4.69) is 29.4 Å². The highest BCUT2D eigenvalue weighted by molar-refractivity contribution is 5.89. The molecule has 1 heterocycles. The molecule has 0 radical (unpaired) electrons. The molecule has 0 amide bonds. The SMILES string of the molecule is COc1cc(C(=O)O)ccc1-c1ccc(C[C@@H](C)NC[C@H](O)c2cccnc2)cc1.Cl.Cl. The topological polar surface area (TPSA) is 91.7 Å². The molecule has 0 fully saturated rings. The Morgan fingerprint density at radius 2 is 1.84 bits per heavy atom. The second kappa shape index (κ2) is 13.0. The van der Waals surface area contributed by atoms with Crippen molar-refractivity contribution in [1.82, 2.24) is 10.3 Å². The predicted octanol–water partition coefficient (Wildman–Crippen LogP) is 4.55. The molecular weight excluding hydrogens is 451 g/mol. The average Bonchev–Trinajstić information content (AvgIpc) is 2.78. The maximum Gasteiger partial charge on any atom is 0.335 e. The number of hydrogen-bond donors (Lipinski definition) is 3. The van der Waals surface area contributed by atoms with Crippen LogP contribution in [0.2, 0.25) is 0 Å². The fraction of sp³-hybridized carbons (Fsp3) is 0.250. The molecule has 3 rings (SSSR count). The van der Waals surface area contributed by atoms with Crippen molar-refractivity contribution in [3.8, 4) is 16.9 Å². The summed E-state index contributed by atoms with van der Waals surface area (Å²) in [5, 5.41) is 22.8. The number of aliphatic hydroxyl groups is 1. The first-order chi connectivity index (χ1) is 14.5. The van der Waals surface area contributed by atoms with Crippen LogP contribution in [-0.4, -0.2) is 40.9 Å². The van der Waals surface area contributed by atoms with Gasteiger partial charge in [-0.3, -0.25) is 4.98 Å². The number of pyridine rings is 1. The summed E-state index contributed by atoms with van der Waals surface area (Å²) in [6, 6.07) is 16.8. The molecule has 0 saturated carbocycles. The smallest absolute Gasteiger partial charge is 0.335 e. The molecule has 0 aliphatic carbocycles. The molecule has 2 atom stereocenters. The lowest BCUT2D eigenvalue weighted by molar-refractivity contribution is 0.0696. The van der Waals surface area contributed by atoms with Crippen LogP contribution in [0, 0.1) is 0 Å². The third-order valence-electron chi connectivity index (χ3n) is 4.98. The zero-order valence-corrected chi connectivity index (χ0v) is 19.5. The van der Waals surface area contributed by atoms with Gasteiger partial charge in [0.15, 0.2) is 0 Å². The zero-order chi connectivity index (χ0) is 21.5. The Hall–Kier alpha value is -2.64. The summed E-state index contributed by atoms with van der Waals surface area (Å²) in [6.07, 6.45) is 3.58. The van der Waals surface area contributed by atoms with E-state index in [4.69, 9.17) is 9.84 Å². The summed E-state index contributed by atoms with van der Waals surface area (Å²) in [5.74, 6) is -0.451. The van der Waals surface area contributed by atoms with Crippen molar-refractivity contribution in [2.24, 2.45) is 0 Å². The first kappa shape index (κ1) is 27.4. The van der Waals surface area contributed by atoms with Crippen molar-refractivity contribution >= 4 is 30.8 Å². The van der Waals surface area contributed by atoms with Crippen LogP contribution in [0.5, 0.6) is 5.75 Å². The molecule has 0 aliphatic heterocycles. The Balaban J connectivity index is 0.00000256. The lowest BCUT2D eigenvalue weighted by Crippen LogP contribution is -2.32. The molecule has 8 heteroatoms. The number of nitrogens with one attached hydrogen (secondary N) is 1. The average molecular weight is 479 g/mol. The molecular formula is C24H28Cl2N2O4. The number of carbonyl (C=O) groups is 1. The van der Waals surface area contributed by atoms with E-state index in [1.165, 1.54) is 13.2 Å². The van der Waals surface area contributed by atoms with E-state index in [1.807, 2.05) is 24.3 Å². The van der Waals surface area contributed by atoms with Crippen LogP contribution in [0.25, 0.3) is 11.1 Å². The van der Waals surface area contributed by atoms with Crippen LogP contribution in [-0.2, 0) is 6.42 Å². The summed E-state index contributed by atoms with van der Waals surface area (Å²) >= 11 is 0. The number of halogens is 2. The van der Waals surface area contributed by atoms with Gasteiger partial charge in [0.05, 0.1) is 18.8 Å². The molecule has 0 bridgehead atoms. The van der Waals surface area contributed by atoms with Crippen LogP contribution in [0.3, 0.4) is 0 Å². The van der Waals surface area contributed by atoms with Crippen molar-refractivity contribution in [2.45, 2.75) is 25.5 Å². The largest absolute Gasteiger partial charge is 0.496 e. The van der Waals surface area contributed by atoms with Gasteiger partial charge in [-0.1, -0.05) is 30.3 Å². The van der Waals surface area contributed by atoms with Gasteiger partial charge in [-0.25, -0.2) is 4.79 Å². The third kappa shape index (κ3) is 7.21. The van der Waals surface area contributed by atoms with Gasteiger partial charge in [0.25, 0.3) is 0 Å². The Labute approximate surface area is 200 Å². The fourth-order valence-electron chi connectivity index (χ4n) is 3.31. The van der Waals surface area contributed by atoms with Crippen LogP contribution in [0.1, 0.15) is 34.5 Å². The highest BCUT2D eigenvalue weighted by Gasteiger charge is 2.12. The van der Waals surface area contributed by atoms with Gasteiger partial charge < -0.3 is 20.3 Å². The number of aromatic carboxylic acids is 1. The number of rotatable bonds is 9. The number of carboxylic acid groups (broad SMARTS) is 1. The monoisotopic (exact) mass is 478 g/mol. The van der Waals surface area contributed by atoms with Gasteiger partial charge in [0, 0.05) is 36.1 Å². The second-order valence-electron chi connectivity index (χ2n) is 7.23. The number of nitrogens with zero attached hydrogens (tertiary/aromatic N) is 1. The number of ether oxygens (including phenoxy) is 1. The predicted molar refractivity (Wildman–Crippen MR) is 130 cm³/mol. The lowest BCUT2D eigenvalue weighted by atomic mass is 9.99. The maximum absolute atomic E-state index is 11.2. The number of benzene rings is 2. The fourth-order valence-corrected chi connectivity index (χ4v) is 3.31. The van der Waals surface area contributed by atoms with Crippen molar-refractivity contribution in [3.05, 3.63) is 83.7 Å². The van der Waals surface area contributed by atoms with Gasteiger partial charge in [0.1, 0.15) is 5.75 Å². The summed E-state index contributed by atoms with van der Waals surface area (Å²) < 4.78 is 5.37. The van der Waals surface area contributed by atoms with Gasteiger partial charge in [-0.2, -0.15) is 0 Å². The Morgan fingerprint density at radius 1 is 1.12 bits per heavy atom. The van der Waals surface area contributed by atoms with Gasteiger partial charge in [0.2, 0.25) is 0 Å². The van der Waals surface area contributed by atoms with Crippen LogP contribution in [0.4, 0.5) is 0 Å². The normalized spacial score (nSPS) is 12.1. The molecule has 0 aliphatic rings. The highest BCUT2D eigenvalue weighted by Crippen LogP contribution is 2.31. The number of hydrogen-bond acceptors (Lipinski definition) is 5. The van der Waals surface area contributed by atoms with E-state index in [0.717, 1.165) is 28.7 Å². The van der Waals surface area contributed by atoms with Crippen LogP contribution < -0.4 is 10.1 Å². The van der Waals surface area contributed by atoms with E-state index >= 15 is 0 Å². The second-order valence-corrected chi connectivity index (χ2v) is 7.23. The standard InChI is InChI=1S/C24H26N2O4.2ClH/c1-16(26-15-22(27)20-4-3-11-25-14-20)12-17-5-7-18(8-6-17)21-10-9-19(24(28)29)13-23(21)30-2;;/h3-11,13-14,16,22,26-27H,12,15H2,1-2H3,(H,28,29);2*1H/t16-,22+;;/m1../s1. The van der Waals surface area contributed by atoms with E-state index in [1.54, 1.807) is 24.5 Å². The van der Waals surface area contributed by atoms with Crippen molar-refractivity contribution in [3.63, 3.8) is 0 Å². The molecule has 1 aromatic heterocycles. The quantitative estimate of drug-likeness (QED) is 0.417. The van der Waals surface area contributed by atoms with Crippen LogP contribution in [0.15, 0.2) is 67.0 Å². The molecule has 2 aromatic carbocycles. The molecule has 3 aromatic rings. The molecule has 0 spiro atoms. The van der Waals surface area contributed by atoms with E-state index < -0.39 is 12.1 Å². The Morgan fingerprint density at radius 3 is 2.44 bits per heavy atom. The number of methoxy groups -OCH3 is 1. The molecule has 0 unspecified atom stereocenters. The van der Waals surface area contributed by atoms with Crippen molar-refractivity contribution < 1.29 is 19.7 Å². The number of aliphatic hydroxyl groups excluding tert-OH is 1. The minimum Gasteiger partial charge on any atom is -0.496 e. The van der Waals surface area contributed by atoms with E-state index in [9.17, 15) is 9.90 Å². The van der Waals surface area contributed by atoms with Crippen molar-refractivity contribution in [1.29, 1.82) is 0 Å². The summed E-state index contributed by atoms with van der Waals surface area (Å²) in [7, 11) is 1.53. The number of aromatic nitrogens is 1. The molecule has 32 heavy (non-hydrogen) atoms. The minimum atomic E-state index is -0.981. The first-order valence-electron chi connectivity index (χ1n) is 9.80. The van der Waals surface area contributed by atoms with Gasteiger partial charge in [-0.05, 0) is 48.7 Å². The Bertz CT molecular complexity index is 985. The van der Waals surface area contributed by atoms with E-state index in [-0.39, 0.29) is 36.4 Å². The molecule has 3 N–H and O–H groups in total. The first-order valence-corrected chi connectivity index (χ1v) is 9.80. The minimum absolute atomic E-state index is 0. The zero-order valence-electron chi connectivity index (χ0n) is 17.9. The summed E-state index contributed by atoms with van der Waals surface area (Å²) in [4.78, 5) is 15.2. The highest BCUT2D eigenvalue weighted by atomic mass is 35.5. The summed E-state index contributed by atoms with van der Waals surface area (Å²) in [5.41, 5.74) is 3.96. The Kier molecular flexibility index (Phi) is 11.2. The van der Waals surface area contributed by atoms with E-state index in [0.29, 0.717) is 12.3 Å². The van der Waals surface area contributed by atoms with Crippen molar-refractivity contribution in [2.75, 3.05) is 13.7 Å². The van der Waals surface area contributed by atoms with Crippen LogP contribution >= 0.6 is 24.8 Å². The van der Waals surface area contributed by atoms with Gasteiger partial charge >= 0.3 is 5.97 Å². The third-order valence-corrected chi connectivity index (χ3v) is 4.98. The summed E-state index contributed by atoms with van der Waals surface area (Å²) in [6.45, 7) is 2.54. The van der Waals surface area contributed by atoms with Gasteiger partial charge in [-0.15, -0.1) is 24.8 Å².